The largest absolute Gasteiger partial charge is 0.354 e. The normalized spacial score (nSPS) is 29.6. The molecule has 0 aromatic carbocycles. The van der Waals surface area contributed by atoms with Crippen LogP contribution < -0.4 is 5.32 Å². The lowest BCUT2D eigenvalue weighted by atomic mass is 10.1. The molecule has 1 amide bonds. The third kappa shape index (κ3) is 1.22. The first-order chi connectivity index (χ1) is 3.79. The van der Waals surface area contributed by atoms with Crippen molar-refractivity contribution in [2.75, 3.05) is 0 Å². The Morgan fingerprint density at radius 3 is 2.88 bits per heavy atom. The minimum atomic E-state index is 0.212. The summed E-state index contributed by atoms with van der Waals surface area (Å²) < 4.78 is 0. The highest BCUT2D eigenvalue weighted by Crippen LogP contribution is 2.05. The molecule has 0 radical (unpaired) electrons. The van der Waals surface area contributed by atoms with Crippen molar-refractivity contribution in [1.29, 1.82) is 0 Å². The number of nitrogens with one attached hydrogen (secondary N) is 1. The highest BCUT2D eigenvalue weighted by molar-refractivity contribution is 5.76. The Labute approximate surface area is 49.3 Å². The number of carbonyl (C=O) groups excluding carboxylic acids is 1. The molecule has 1 aliphatic heterocycles. The van der Waals surface area contributed by atoms with Gasteiger partial charge in [0.25, 0.3) is 0 Å². The molecule has 1 N–H and O–H groups in total. The minimum absolute atomic E-state index is 0.212. The smallest absolute Gasteiger partial charge is 0.220 e. The van der Waals surface area contributed by atoms with Crippen molar-refractivity contribution in [3.8, 4) is 0 Å². The quantitative estimate of drug-likeness (QED) is 0.491. The van der Waals surface area contributed by atoms with Crippen molar-refractivity contribution in [3.63, 3.8) is 0 Å². The van der Waals surface area contributed by atoms with Gasteiger partial charge in [-0.1, -0.05) is 0 Å². The Bertz CT molecular complexity index is 101. The van der Waals surface area contributed by atoms with E-state index in [9.17, 15) is 4.79 Å². The molecule has 1 atom stereocenters. The summed E-state index contributed by atoms with van der Waals surface area (Å²) in [4.78, 5) is 10.6. The molecule has 1 fully saturated rings. The Morgan fingerprint density at radius 1 is 1.75 bits per heavy atom. The van der Waals surface area contributed by atoms with Crippen LogP contribution in [0.15, 0.2) is 0 Å². The molecule has 1 unspecified atom stereocenters. The maximum absolute atomic E-state index is 10.6. The molecular formula is C6H11NO. The van der Waals surface area contributed by atoms with Gasteiger partial charge in [0.15, 0.2) is 0 Å². The van der Waals surface area contributed by atoms with Crippen LogP contribution in [0.5, 0.6) is 0 Å². The fourth-order valence-corrected chi connectivity index (χ4v) is 0.988. The van der Waals surface area contributed by atoms with Gasteiger partial charge in [0.1, 0.15) is 0 Å². The van der Waals surface area contributed by atoms with Crippen molar-refractivity contribution < 1.29 is 4.79 Å². The van der Waals surface area contributed by atoms with Gasteiger partial charge in [-0.15, -0.1) is 0 Å². The second kappa shape index (κ2) is 2.16. The molecule has 0 aromatic heterocycles. The van der Waals surface area contributed by atoms with Crippen LogP contribution in [-0.2, 0) is 4.79 Å². The second-order valence-electron chi connectivity index (χ2n) is 2.36. The van der Waals surface area contributed by atoms with E-state index in [2.05, 4.69) is 5.32 Å². The van der Waals surface area contributed by atoms with Gasteiger partial charge in [0.2, 0.25) is 5.91 Å². The second-order valence-corrected chi connectivity index (χ2v) is 2.36. The molecule has 0 aromatic rings. The summed E-state index contributed by atoms with van der Waals surface area (Å²) >= 11 is 0. The summed E-state index contributed by atoms with van der Waals surface area (Å²) in [7, 11) is 0. The van der Waals surface area contributed by atoms with Crippen molar-refractivity contribution in [3.05, 3.63) is 0 Å². The monoisotopic (exact) mass is 113 g/mol. The van der Waals surface area contributed by atoms with Gasteiger partial charge in [-0.3, -0.25) is 4.79 Å². The van der Waals surface area contributed by atoms with Crippen LogP contribution in [0.25, 0.3) is 0 Å². The molecular weight excluding hydrogens is 102 g/mol. The van der Waals surface area contributed by atoms with Crippen LogP contribution in [-0.4, -0.2) is 11.9 Å². The molecule has 0 aliphatic carbocycles. The number of amides is 1. The maximum atomic E-state index is 10.6. The third-order valence-corrected chi connectivity index (χ3v) is 1.45. The highest BCUT2D eigenvalue weighted by Gasteiger charge is 2.12. The van der Waals surface area contributed by atoms with Crippen LogP contribution in [0.2, 0.25) is 0 Å². The van der Waals surface area contributed by atoms with Gasteiger partial charge in [-0.25, -0.2) is 0 Å². The van der Waals surface area contributed by atoms with E-state index in [0.717, 1.165) is 19.3 Å². The van der Waals surface area contributed by atoms with Gasteiger partial charge in [-0.2, -0.15) is 0 Å². The summed E-state index contributed by atoms with van der Waals surface area (Å²) in [6.45, 7) is 2.04. The maximum Gasteiger partial charge on any atom is 0.220 e. The van der Waals surface area contributed by atoms with Crippen molar-refractivity contribution >= 4 is 5.91 Å². The van der Waals surface area contributed by atoms with Gasteiger partial charge in [0.05, 0.1) is 0 Å². The predicted molar refractivity (Wildman–Crippen MR) is 31.5 cm³/mol. The number of hydrogen-bond donors (Lipinski definition) is 1. The van der Waals surface area contributed by atoms with Crippen LogP contribution in [0.1, 0.15) is 26.2 Å². The lowest BCUT2D eigenvalue weighted by molar-refractivity contribution is -0.123. The molecule has 46 valence electrons. The fourth-order valence-electron chi connectivity index (χ4n) is 0.988. The van der Waals surface area contributed by atoms with E-state index in [-0.39, 0.29) is 5.91 Å². The summed E-state index contributed by atoms with van der Waals surface area (Å²) in [5.74, 6) is 0.212. The average Bonchev–Trinajstić information content (AvgIpc) is 1.64. The Morgan fingerprint density at radius 2 is 2.50 bits per heavy atom. The van der Waals surface area contributed by atoms with Gasteiger partial charge >= 0.3 is 0 Å². The first-order valence-electron chi connectivity index (χ1n) is 3.08. The Kier molecular flexibility index (Phi) is 1.51. The fraction of sp³-hybridized carbons (Fsp3) is 0.833. The molecule has 0 bridgehead atoms. The molecule has 0 spiro atoms. The number of rotatable bonds is 0. The number of carbonyl (C=O) groups is 1. The van der Waals surface area contributed by atoms with Crippen LogP contribution in [0.3, 0.4) is 0 Å². The molecule has 0 saturated carbocycles. The van der Waals surface area contributed by atoms with E-state index in [1.165, 1.54) is 0 Å². The van der Waals surface area contributed by atoms with E-state index in [1.54, 1.807) is 0 Å². The van der Waals surface area contributed by atoms with E-state index < -0.39 is 0 Å². The highest BCUT2D eigenvalue weighted by atomic mass is 16.1. The summed E-state index contributed by atoms with van der Waals surface area (Å²) in [6.07, 6.45) is 2.93. The Balaban J connectivity index is 2.34. The molecule has 1 aliphatic rings. The van der Waals surface area contributed by atoms with E-state index in [4.69, 9.17) is 0 Å². The number of piperidine rings is 1. The topological polar surface area (TPSA) is 29.1 Å². The average molecular weight is 113 g/mol. The summed E-state index contributed by atoms with van der Waals surface area (Å²) in [5, 5.41) is 2.84. The third-order valence-electron chi connectivity index (χ3n) is 1.45. The first kappa shape index (κ1) is 5.60. The van der Waals surface area contributed by atoms with E-state index >= 15 is 0 Å². The molecule has 1 rings (SSSR count). The minimum Gasteiger partial charge on any atom is -0.354 e. The zero-order chi connectivity index (χ0) is 5.98. The van der Waals surface area contributed by atoms with Crippen molar-refractivity contribution in [2.45, 2.75) is 32.2 Å². The number of hydrogen-bond acceptors (Lipinski definition) is 1. The molecule has 2 heteroatoms. The van der Waals surface area contributed by atoms with Crippen LogP contribution >= 0.6 is 0 Å². The predicted octanol–water partition coefficient (Wildman–Crippen LogP) is 0.675. The Hall–Kier alpha value is -0.530. The lowest BCUT2D eigenvalue weighted by Crippen LogP contribution is -2.36. The lowest BCUT2D eigenvalue weighted by Gasteiger charge is -2.18. The summed E-state index contributed by atoms with van der Waals surface area (Å²) in [6, 6.07) is 0.413. The standard InChI is InChI=1S/C6H11NO/c1-5-3-2-4-6(8)7-5/h5H,2-4H2,1H3,(H,7,8). The zero-order valence-electron chi connectivity index (χ0n) is 5.11. The molecule has 1 saturated heterocycles. The first-order valence-corrected chi connectivity index (χ1v) is 3.08. The van der Waals surface area contributed by atoms with Crippen molar-refractivity contribution in [1.82, 2.24) is 5.32 Å². The summed E-state index contributed by atoms with van der Waals surface area (Å²) in [5.41, 5.74) is 0. The molecule has 2 nitrogen and oxygen atoms in total. The van der Waals surface area contributed by atoms with Gasteiger partial charge in [0, 0.05) is 12.5 Å². The van der Waals surface area contributed by atoms with Gasteiger partial charge in [-0.05, 0) is 19.8 Å². The van der Waals surface area contributed by atoms with Crippen LogP contribution in [0.4, 0.5) is 0 Å². The van der Waals surface area contributed by atoms with Crippen LogP contribution in [0, 0.1) is 0 Å². The van der Waals surface area contributed by atoms with E-state index in [1.807, 2.05) is 6.92 Å². The molecule has 8 heavy (non-hydrogen) atoms. The SMILES string of the molecule is CC1CCCC(=O)N1. The van der Waals surface area contributed by atoms with E-state index in [0.29, 0.717) is 6.04 Å². The van der Waals surface area contributed by atoms with Crippen molar-refractivity contribution in [2.24, 2.45) is 0 Å². The van der Waals surface area contributed by atoms with Gasteiger partial charge < -0.3 is 5.32 Å². The zero-order valence-corrected chi connectivity index (χ0v) is 5.11. The molecule has 1 heterocycles.